The summed E-state index contributed by atoms with van der Waals surface area (Å²) < 4.78 is 0. The van der Waals surface area contributed by atoms with Gasteiger partial charge in [0, 0.05) is 11.1 Å². The van der Waals surface area contributed by atoms with Crippen LogP contribution in [0.4, 0.5) is 5.82 Å². The van der Waals surface area contributed by atoms with Gasteiger partial charge in [-0.2, -0.15) is 5.10 Å². The molecule has 1 aliphatic carbocycles. The summed E-state index contributed by atoms with van der Waals surface area (Å²) in [5.41, 5.74) is 12.3. The van der Waals surface area contributed by atoms with Gasteiger partial charge in [0.1, 0.15) is 5.82 Å². The van der Waals surface area contributed by atoms with E-state index in [0.717, 1.165) is 18.4 Å². The van der Waals surface area contributed by atoms with Crippen molar-refractivity contribution in [1.29, 1.82) is 0 Å². The van der Waals surface area contributed by atoms with Crippen molar-refractivity contribution in [2.24, 2.45) is 5.73 Å². The van der Waals surface area contributed by atoms with Crippen LogP contribution in [-0.2, 0) is 5.54 Å². The minimum Gasteiger partial charge on any atom is -0.384 e. The van der Waals surface area contributed by atoms with Crippen LogP contribution in [-0.4, -0.2) is 10.2 Å². The summed E-state index contributed by atoms with van der Waals surface area (Å²) in [5, 5.41) is 6.46. The van der Waals surface area contributed by atoms with Crippen molar-refractivity contribution < 1.29 is 0 Å². The monoisotopic (exact) mass is 138 g/mol. The standard InChI is InChI=1S/C6H10N4/c7-5-4(3-9-10-5)6(8)1-2-6/h3H,1-2,8H2,(H3,7,9,10). The van der Waals surface area contributed by atoms with E-state index in [1.807, 2.05) is 0 Å². The Hall–Kier alpha value is -1.03. The Labute approximate surface area is 58.6 Å². The summed E-state index contributed by atoms with van der Waals surface area (Å²) >= 11 is 0. The minimum absolute atomic E-state index is 0.156. The second-order valence-electron chi connectivity index (χ2n) is 2.85. The fraction of sp³-hybridized carbons (Fsp3) is 0.500. The lowest BCUT2D eigenvalue weighted by atomic mass is 10.1. The van der Waals surface area contributed by atoms with Crippen LogP contribution in [0.1, 0.15) is 18.4 Å². The van der Waals surface area contributed by atoms with Gasteiger partial charge < -0.3 is 11.5 Å². The smallest absolute Gasteiger partial charge is 0.123 e. The predicted octanol–water partition coefficient (Wildman–Crippen LogP) is -0.0603. The number of anilines is 1. The van der Waals surface area contributed by atoms with Crippen molar-refractivity contribution in [2.75, 3.05) is 5.73 Å². The summed E-state index contributed by atoms with van der Waals surface area (Å²) in [6.07, 6.45) is 3.76. The van der Waals surface area contributed by atoms with Crippen molar-refractivity contribution in [2.45, 2.75) is 18.4 Å². The minimum atomic E-state index is -0.156. The number of hydrogen-bond donors (Lipinski definition) is 3. The van der Waals surface area contributed by atoms with E-state index in [-0.39, 0.29) is 5.54 Å². The van der Waals surface area contributed by atoms with Crippen molar-refractivity contribution in [3.8, 4) is 0 Å². The van der Waals surface area contributed by atoms with Gasteiger partial charge in [-0.05, 0) is 12.8 Å². The second-order valence-corrected chi connectivity index (χ2v) is 2.85. The Morgan fingerprint density at radius 3 is 2.70 bits per heavy atom. The Kier molecular flexibility index (Phi) is 0.870. The van der Waals surface area contributed by atoms with Crippen LogP contribution >= 0.6 is 0 Å². The first-order valence-electron chi connectivity index (χ1n) is 3.30. The zero-order valence-corrected chi connectivity index (χ0v) is 5.59. The number of aromatic nitrogens is 2. The Balaban J connectivity index is 2.42. The molecule has 1 aromatic rings. The molecule has 0 bridgehead atoms. The molecule has 0 aliphatic heterocycles. The van der Waals surface area contributed by atoms with Gasteiger partial charge in [0.15, 0.2) is 0 Å². The highest BCUT2D eigenvalue weighted by molar-refractivity contribution is 5.45. The largest absolute Gasteiger partial charge is 0.384 e. The van der Waals surface area contributed by atoms with Gasteiger partial charge in [-0.3, -0.25) is 5.10 Å². The number of H-pyrrole nitrogens is 1. The molecule has 4 nitrogen and oxygen atoms in total. The Morgan fingerprint density at radius 1 is 1.60 bits per heavy atom. The van der Waals surface area contributed by atoms with Crippen LogP contribution in [0.3, 0.4) is 0 Å². The SMILES string of the molecule is Nc1[nH]ncc1C1(N)CC1. The van der Waals surface area contributed by atoms with E-state index in [4.69, 9.17) is 11.5 Å². The molecule has 1 aliphatic rings. The van der Waals surface area contributed by atoms with E-state index < -0.39 is 0 Å². The van der Waals surface area contributed by atoms with Gasteiger partial charge in [-0.25, -0.2) is 0 Å². The molecule has 2 rings (SSSR count). The van der Waals surface area contributed by atoms with Crippen LogP contribution in [0, 0.1) is 0 Å². The summed E-state index contributed by atoms with van der Waals surface area (Å²) in [6.45, 7) is 0. The van der Waals surface area contributed by atoms with E-state index in [9.17, 15) is 0 Å². The third-order valence-electron chi connectivity index (χ3n) is 1.99. The molecular weight excluding hydrogens is 128 g/mol. The zero-order chi connectivity index (χ0) is 7.19. The zero-order valence-electron chi connectivity index (χ0n) is 5.59. The molecule has 54 valence electrons. The molecular formula is C6H10N4. The summed E-state index contributed by atoms with van der Waals surface area (Å²) in [4.78, 5) is 0. The fourth-order valence-corrected chi connectivity index (χ4v) is 1.10. The average Bonchev–Trinajstić information content (AvgIpc) is 2.44. The molecule has 1 heterocycles. The quantitative estimate of drug-likeness (QED) is 0.508. The first-order valence-corrected chi connectivity index (χ1v) is 3.30. The van der Waals surface area contributed by atoms with Gasteiger partial charge in [0.05, 0.1) is 6.20 Å². The van der Waals surface area contributed by atoms with Crippen LogP contribution in [0.5, 0.6) is 0 Å². The van der Waals surface area contributed by atoms with E-state index in [1.165, 1.54) is 0 Å². The van der Waals surface area contributed by atoms with Gasteiger partial charge >= 0.3 is 0 Å². The molecule has 0 spiro atoms. The van der Waals surface area contributed by atoms with Gasteiger partial charge in [0.2, 0.25) is 0 Å². The van der Waals surface area contributed by atoms with Gasteiger partial charge in [-0.15, -0.1) is 0 Å². The summed E-state index contributed by atoms with van der Waals surface area (Å²) in [6, 6.07) is 0. The maximum absolute atomic E-state index is 5.87. The van der Waals surface area contributed by atoms with Crippen LogP contribution < -0.4 is 11.5 Å². The first kappa shape index (κ1) is 5.73. The molecule has 0 amide bonds. The molecule has 10 heavy (non-hydrogen) atoms. The molecule has 0 atom stereocenters. The third-order valence-corrected chi connectivity index (χ3v) is 1.99. The van der Waals surface area contributed by atoms with Crippen molar-refractivity contribution >= 4 is 5.82 Å². The summed E-state index contributed by atoms with van der Waals surface area (Å²) in [5.74, 6) is 0.611. The lowest BCUT2D eigenvalue weighted by molar-refractivity contribution is 0.744. The highest BCUT2D eigenvalue weighted by Crippen LogP contribution is 2.44. The fourth-order valence-electron chi connectivity index (χ4n) is 1.10. The molecule has 1 saturated carbocycles. The molecule has 0 radical (unpaired) electrons. The number of nitrogens with two attached hydrogens (primary N) is 2. The van der Waals surface area contributed by atoms with Gasteiger partial charge in [0.25, 0.3) is 0 Å². The highest BCUT2D eigenvalue weighted by atomic mass is 15.2. The number of aromatic amines is 1. The van der Waals surface area contributed by atoms with E-state index >= 15 is 0 Å². The number of nitrogens with zero attached hydrogens (tertiary/aromatic N) is 1. The molecule has 0 unspecified atom stereocenters. The predicted molar refractivity (Wildman–Crippen MR) is 38.1 cm³/mol. The number of hydrogen-bond acceptors (Lipinski definition) is 3. The normalized spacial score (nSPS) is 20.9. The van der Waals surface area contributed by atoms with Gasteiger partial charge in [-0.1, -0.05) is 0 Å². The maximum atomic E-state index is 5.87. The van der Waals surface area contributed by atoms with E-state index in [0.29, 0.717) is 5.82 Å². The molecule has 0 aromatic carbocycles. The van der Waals surface area contributed by atoms with Crippen molar-refractivity contribution in [1.82, 2.24) is 10.2 Å². The molecule has 1 fully saturated rings. The average molecular weight is 138 g/mol. The van der Waals surface area contributed by atoms with Crippen LogP contribution in [0.15, 0.2) is 6.20 Å². The first-order chi connectivity index (χ1) is 4.72. The molecule has 5 N–H and O–H groups in total. The maximum Gasteiger partial charge on any atom is 0.123 e. The number of nitrogen functional groups attached to an aromatic ring is 1. The third kappa shape index (κ3) is 0.623. The molecule has 0 saturated heterocycles. The van der Waals surface area contributed by atoms with Crippen molar-refractivity contribution in [3.63, 3.8) is 0 Å². The number of nitrogens with one attached hydrogen (secondary N) is 1. The highest BCUT2D eigenvalue weighted by Gasteiger charge is 2.42. The second kappa shape index (κ2) is 1.52. The lowest BCUT2D eigenvalue weighted by Gasteiger charge is -2.04. The van der Waals surface area contributed by atoms with E-state index in [1.54, 1.807) is 6.20 Å². The summed E-state index contributed by atoms with van der Waals surface area (Å²) in [7, 11) is 0. The Bertz CT molecular complexity index is 248. The lowest BCUT2D eigenvalue weighted by Crippen LogP contribution is -2.19. The number of rotatable bonds is 1. The van der Waals surface area contributed by atoms with Crippen molar-refractivity contribution in [3.05, 3.63) is 11.8 Å². The van der Waals surface area contributed by atoms with Crippen LogP contribution in [0.25, 0.3) is 0 Å². The Morgan fingerprint density at radius 2 is 2.30 bits per heavy atom. The molecule has 4 heteroatoms. The van der Waals surface area contributed by atoms with E-state index in [2.05, 4.69) is 10.2 Å². The molecule has 1 aromatic heterocycles. The van der Waals surface area contributed by atoms with Crippen LogP contribution in [0.2, 0.25) is 0 Å². The topological polar surface area (TPSA) is 80.7 Å².